The van der Waals surface area contributed by atoms with Gasteiger partial charge in [-0.15, -0.1) is 24.0 Å². The number of nitrogens with one attached hydrogen (secondary N) is 1. The molecule has 6 nitrogen and oxygen atoms in total. The van der Waals surface area contributed by atoms with Crippen LogP contribution < -0.4 is 5.32 Å². The van der Waals surface area contributed by atoms with E-state index in [9.17, 15) is 0 Å². The van der Waals surface area contributed by atoms with Crippen LogP contribution >= 0.6 is 24.0 Å². The minimum atomic E-state index is 0. The van der Waals surface area contributed by atoms with Crippen LogP contribution in [-0.2, 0) is 13.0 Å². The number of hydrogen-bond donors (Lipinski definition) is 1. The molecule has 1 aromatic carbocycles. The van der Waals surface area contributed by atoms with E-state index < -0.39 is 0 Å². The second-order valence-electron chi connectivity index (χ2n) is 8.52. The normalized spacial score (nSPS) is 18.7. The molecule has 0 radical (unpaired) electrons. The number of halogens is 1. The summed E-state index contributed by atoms with van der Waals surface area (Å²) in [4.78, 5) is 9.91. The molecule has 7 heteroatoms. The van der Waals surface area contributed by atoms with Crippen molar-refractivity contribution in [1.82, 2.24) is 20.3 Å². The van der Waals surface area contributed by atoms with E-state index in [-0.39, 0.29) is 24.0 Å². The summed E-state index contributed by atoms with van der Waals surface area (Å²) >= 11 is 0. The summed E-state index contributed by atoms with van der Waals surface area (Å²) in [5, 5.41) is 7.64. The molecule has 164 valence electrons. The summed E-state index contributed by atoms with van der Waals surface area (Å²) < 4.78 is 5.19. The van der Waals surface area contributed by atoms with Crippen molar-refractivity contribution < 1.29 is 4.52 Å². The molecule has 30 heavy (non-hydrogen) atoms. The second-order valence-corrected chi connectivity index (χ2v) is 8.52. The van der Waals surface area contributed by atoms with Crippen LogP contribution in [0.5, 0.6) is 0 Å². The molecule has 2 aliphatic rings. The number of aliphatic imine (C=N–C) groups is 1. The summed E-state index contributed by atoms with van der Waals surface area (Å²) in [5.41, 5.74) is 2.82. The topological polar surface area (TPSA) is 56.9 Å². The zero-order valence-corrected chi connectivity index (χ0v) is 20.5. The Hall–Kier alpha value is -1.61. The van der Waals surface area contributed by atoms with Crippen LogP contribution in [0.2, 0.25) is 0 Å². The highest BCUT2D eigenvalue weighted by atomic mass is 127. The van der Waals surface area contributed by atoms with Gasteiger partial charge in [-0.1, -0.05) is 35.5 Å². The van der Waals surface area contributed by atoms with Gasteiger partial charge in [-0.25, -0.2) is 0 Å². The van der Waals surface area contributed by atoms with Crippen molar-refractivity contribution in [1.29, 1.82) is 0 Å². The molecule has 1 saturated carbocycles. The van der Waals surface area contributed by atoms with Crippen molar-refractivity contribution in [3.8, 4) is 0 Å². The van der Waals surface area contributed by atoms with E-state index in [2.05, 4.69) is 57.5 Å². The standard InChI is InChI=1S/C23H33N5O.HI/c1-3-24-22(25-18-23(9-10-23)16-20-7-5-4-6-8-20)28-13-11-27(12-14-28)17-21-15-19(2)29-26-21;/h4-8,15H,3,9-14,16-18H2,1-2H3,(H,24,25);1H. The quantitative estimate of drug-likeness (QED) is 0.341. The maximum absolute atomic E-state index is 5.19. The van der Waals surface area contributed by atoms with Crippen LogP contribution in [-0.4, -0.2) is 60.2 Å². The molecule has 0 spiro atoms. The van der Waals surface area contributed by atoms with Gasteiger partial charge in [0.1, 0.15) is 5.76 Å². The second kappa shape index (κ2) is 10.6. The first-order chi connectivity index (χ1) is 14.2. The van der Waals surface area contributed by atoms with E-state index in [4.69, 9.17) is 9.52 Å². The summed E-state index contributed by atoms with van der Waals surface area (Å²) in [6.07, 6.45) is 3.72. The first-order valence-corrected chi connectivity index (χ1v) is 10.9. The Morgan fingerprint density at radius 2 is 1.90 bits per heavy atom. The van der Waals surface area contributed by atoms with Crippen LogP contribution in [0.4, 0.5) is 0 Å². The predicted octanol–water partition coefficient (Wildman–Crippen LogP) is 3.71. The fourth-order valence-electron chi connectivity index (χ4n) is 4.10. The lowest BCUT2D eigenvalue weighted by Gasteiger charge is -2.36. The highest BCUT2D eigenvalue weighted by molar-refractivity contribution is 14.0. The molecule has 2 heterocycles. The van der Waals surface area contributed by atoms with Crippen LogP contribution in [0.3, 0.4) is 0 Å². The largest absolute Gasteiger partial charge is 0.361 e. The van der Waals surface area contributed by atoms with E-state index in [1.54, 1.807) is 0 Å². The monoisotopic (exact) mass is 523 g/mol. The number of benzene rings is 1. The van der Waals surface area contributed by atoms with E-state index >= 15 is 0 Å². The Bertz CT molecular complexity index is 810. The van der Waals surface area contributed by atoms with Crippen molar-refractivity contribution in [2.45, 2.75) is 39.7 Å². The van der Waals surface area contributed by atoms with Gasteiger partial charge in [0.05, 0.1) is 5.69 Å². The molecule has 1 aromatic heterocycles. The molecule has 0 bridgehead atoms. The van der Waals surface area contributed by atoms with Gasteiger partial charge in [0.15, 0.2) is 5.96 Å². The van der Waals surface area contributed by atoms with Crippen LogP contribution in [0.1, 0.15) is 36.8 Å². The van der Waals surface area contributed by atoms with Crippen molar-refractivity contribution in [3.05, 3.63) is 53.4 Å². The summed E-state index contributed by atoms with van der Waals surface area (Å²) in [6.45, 7) is 10.8. The third-order valence-electron chi connectivity index (χ3n) is 6.01. The zero-order valence-electron chi connectivity index (χ0n) is 18.1. The Morgan fingerprint density at radius 3 is 2.50 bits per heavy atom. The van der Waals surface area contributed by atoms with E-state index in [0.717, 1.165) is 69.6 Å². The Morgan fingerprint density at radius 1 is 1.17 bits per heavy atom. The maximum Gasteiger partial charge on any atom is 0.194 e. The first kappa shape index (κ1) is 23.1. The average Bonchev–Trinajstić information content (AvgIpc) is 3.38. The molecule has 4 rings (SSSR count). The number of aromatic nitrogens is 1. The van der Waals surface area contributed by atoms with Gasteiger partial charge in [0.25, 0.3) is 0 Å². The number of piperazine rings is 1. The molecule has 2 aromatic rings. The third-order valence-corrected chi connectivity index (χ3v) is 6.01. The van der Waals surface area contributed by atoms with E-state index in [1.165, 1.54) is 18.4 Å². The van der Waals surface area contributed by atoms with Crippen molar-refractivity contribution >= 4 is 29.9 Å². The number of hydrogen-bond acceptors (Lipinski definition) is 4. The van der Waals surface area contributed by atoms with Gasteiger partial charge in [-0.2, -0.15) is 0 Å². The minimum Gasteiger partial charge on any atom is -0.361 e. The predicted molar refractivity (Wildman–Crippen MR) is 131 cm³/mol. The molecular weight excluding hydrogens is 489 g/mol. The molecule has 0 atom stereocenters. The van der Waals surface area contributed by atoms with Crippen molar-refractivity contribution in [2.24, 2.45) is 10.4 Å². The highest BCUT2D eigenvalue weighted by Crippen LogP contribution is 2.48. The molecule has 0 unspecified atom stereocenters. The molecule has 1 aliphatic heterocycles. The molecule has 0 amide bonds. The molecule has 1 saturated heterocycles. The van der Waals surface area contributed by atoms with E-state index in [0.29, 0.717) is 5.41 Å². The molecular formula is C23H34IN5O. The highest BCUT2D eigenvalue weighted by Gasteiger charge is 2.42. The maximum atomic E-state index is 5.19. The first-order valence-electron chi connectivity index (χ1n) is 10.9. The molecule has 1 aliphatic carbocycles. The van der Waals surface area contributed by atoms with Gasteiger partial charge < -0.3 is 14.7 Å². The Balaban J connectivity index is 0.00000256. The summed E-state index contributed by atoms with van der Waals surface area (Å²) in [7, 11) is 0. The smallest absolute Gasteiger partial charge is 0.194 e. The lowest BCUT2D eigenvalue weighted by molar-refractivity contribution is 0.168. The molecule has 2 fully saturated rings. The average molecular weight is 523 g/mol. The fourth-order valence-corrected chi connectivity index (χ4v) is 4.10. The Kier molecular flexibility index (Phi) is 8.16. The summed E-state index contributed by atoms with van der Waals surface area (Å²) in [5.74, 6) is 1.95. The van der Waals surface area contributed by atoms with Crippen LogP contribution in [0.25, 0.3) is 0 Å². The van der Waals surface area contributed by atoms with Gasteiger partial charge in [0.2, 0.25) is 0 Å². The number of nitrogens with zero attached hydrogens (tertiary/aromatic N) is 4. The van der Waals surface area contributed by atoms with Gasteiger partial charge >= 0.3 is 0 Å². The van der Waals surface area contributed by atoms with Crippen LogP contribution in [0.15, 0.2) is 45.9 Å². The van der Waals surface area contributed by atoms with Gasteiger partial charge in [0, 0.05) is 51.9 Å². The van der Waals surface area contributed by atoms with Crippen LogP contribution in [0, 0.1) is 12.3 Å². The zero-order chi connectivity index (χ0) is 20.1. The fraction of sp³-hybridized carbons (Fsp3) is 0.565. The lowest BCUT2D eigenvalue weighted by Crippen LogP contribution is -2.52. The van der Waals surface area contributed by atoms with E-state index in [1.807, 2.05) is 13.0 Å². The van der Waals surface area contributed by atoms with Crippen molar-refractivity contribution in [2.75, 3.05) is 39.3 Å². The molecule has 1 N–H and O–H groups in total. The number of guanidine groups is 1. The van der Waals surface area contributed by atoms with Crippen molar-refractivity contribution in [3.63, 3.8) is 0 Å². The summed E-state index contributed by atoms with van der Waals surface area (Å²) in [6, 6.07) is 12.9. The lowest BCUT2D eigenvalue weighted by atomic mass is 9.97. The number of aryl methyl sites for hydroxylation is 1. The minimum absolute atomic E-state index is 0. The number of rotatable bonds is 7. The SMILES string of the molecule is CCNC(=NCC1(Cc2ccccc2)CC1)N1CCN(Cc2cc(C)on2)CC1.I. The van der Waals surface area contributed by atoms with Gasteiger partial charge in [-0.05, 0) is 44.1 Å². The third kappa shape index (κ3) is 6.20. The Labute approximate surface area is 197 Å². The van der Waals surface area contributed by atoms with Gasteiger partial charge in [-0.3, -0.25) is 9.89 Å².